The number of benzene rings is 2. The molecule has 3 aromatic rings. The number of hydrogen-bond acceptors (Lipinski definition) is 6. The molecule has 1 N–H and O–H groups in total. The number of sulfonamides is 1. The van der Waals surface area contributed by atoms with Crippen molar-refractivity contribution in [1.29, 1.82) is 0 Å². The largest absolute Gasteiger partial charge is 0.463 e. The van der Waals surface area contributed by atoms with Gasteiger partial charge in [0.15, 0.2) is 5.43 Å². The highest BCUT2D eigenvalue weighted by Crippen LogP contribution is 2.18. The molecule has 1 aliphatic heterocycles. The van der Waals surface area contributed by atoms with Gasteiger partial charge in [0.25, 0.3) is 0 Å². The summed E-state index contributed by atoms with van der Waals surface area (Å²) in [6.07, 6.45) is 4.01. The molecule has 0 saturated carbocycles. The van der Waals surface area contributed by atoms with Crippen molar-refractivity contribution in [2.24, 2.45) is 0 Å². The maximum absolute atomic E-state index is 12.8. The van der Waals surface area contributed by atoms with E-state index in [1.807, 2.05) is 7.05 Å². The molecule has 2 aromatic carbocycles. The molecule has 33 heavy (non-hydrogen) atoms. The monoisotopic (exact) mass is 467 g/mol. The zero-order valence-corrected chi connectivity index (χ0v) is 19.0. The number of para-hydroxylation sites is 1. The van der Waals surface area contributed by atoms with E-state index in [4.69, 9.17) is 4.42 Å². The van der Waals surface area contributed by atoms with Crippen LogP contribution in [-0.4, -0.2) is 56.8 Å². The summed E-state index contributed by atoms with van der Waals surface area (Å²) in [5, 5.41) is 3.18. The third-order valence-electron chi connectivity index (χ3n) is 5.61. The first kappa shape index (κ1) is 22.9. The summed E-state index contributed by atoms with van der Waals surface area (Å²) in [4.78, 5) is 27.0. The standard InChI is InChI=1S/C24H25N3O5S/c1-26-12-14-27(15-13-26)33(30,31)20-9-6-18(7-10-20)16-25-23(28)11-8-19-17-32-22-5-3-2-4-21(22)24(19)29/h2-11,17H,12-16H2,1H3,(H,25,28)/b11-8+. The Morgan fingerprint density at radius 1 is 1.06 bits per heavy atom. The van der Waals surface area contributed by atoms with Crippen LogP contribution >= 0.6 is 0 Å². The fourth-order valence-electron chi connectivity index (χ4n) is 3.58. The van der Waals surface area contributed by atoms with Gasteiger partial charge >= 0.3 is 0 Å². The van der Waals surface area contributed by atoms with Crippen molar-refractivity contribution in [3.63, 3.8) is 0 Å². The maximum atomic E-state index is 12.8. The number of fused-ring (bicyclic) bond motifs is 1. The third kappa shape index (κ3) is 5.22. The average molecular weight is 468 g/mol. The first-order valence-corrected chi connectivity index (χ1v) is 12.0. The summed E-state index contributed by atoms with van der Waals surface area (Å²) in [6, 6.07) is 13.4. The molecule has 1 saturated heterocycles. The van der Waals surface area contributed by atoms with Crippen molar-refractivity contribution < 1.29 is 17.6 Å². The zero-order chi connectivity index (χ0) is 23.4. The number of amides is 1. The SMILES string of the molecule is CN1CCN(S(=O)(=O)c2ccc(CNC(=O)/C=C/c3coc4ccccc4c3=O)cc2)CC1. The quantitative estimate of drug-likeness (QED) is 0.557. The molecule has 1 aromatic heterocycles. The van der Waals surface area contributed by atoms with Gasteiger partial charge in [-0.05, 0) is 43.0 Å². The van der Waals surface area contributed by atoms with Crippen LogP contribution in [0, 0.1) is 0 Å². The molecule has 0 bridgehead atoms. The minimum absolute atomic E-state index is 0.210. The van der Waals surface area contributed by atoms with Gasteiger partial charge in [-0.3, -0.25) is 9.59 Å². The number of piperazine rings is 1. The van der Waals surface area contributed by atoms with Crippen LogP contribution in [0.1, 0.15) is 11.1 Å². The number of carbonyl (C=O) groups is 1. The topological polar surface area (TPSA) is 99.9 Å². The van der Waals surface area contributed by atoms with Crippen molar-refractivity contribution in [2.75, 3.05) is 33.2 Å². The van der Waals surface area contributed by atoms with E-state index in [1.54, 1.807) is 48.5 Å². The van der Waals surface area contributed by atoms with Crippen LogP contribution in [0.3, 0.4) is 0 Å². The van der Waals surface area contributed by atoms with Crippen LogP contribution in [0.5, 0.6) is 0 Å². The first-order chi connectivity index (χ1) is 15.8. The van der Waals surface area contributed by atoms with Gasteiger partial charge in [0.2, 0.25) is 15.9 Å². The average Bonchev–Trinajstić information content (AvgIpc) is 2.83. The summed E-state index contributed by atoms with van der Waals surface area (Å²) >= 11 is 0. The Balaban J connectivity index is 1.36. The Bertz CT molecular complexity index is 1340. The highest BCUT2D eigenvalue weighted by molar-refractivity contribution is 7.89. The minimum atomic E-state index is -3.52. The third-order valence-corrected chi connectivity index (χ3v) is 7.52. The predicted octanol–water partition coefficient (Wildman–Crippen LogP) is 2.06. The van der Waals surface area contributed by atoms with Crippen LogP contribution in [0.15, 0.2) is 75.0 Å². The van der Waals surface area contributed by atoms with Crippen LogP contribution in [0.25, 0.3) is 17.0 Å². The minimum Gasteiger partial charge on any atom is -0.463 e. The van der Waals surface area contributed by atoms with Gasteiger partial charge in [-0.2, -0.15) is 4.31 Å². The Labute approximate surface area is 192 Å². The summed E-state index contributed by atoms with van der Waals surface area (Å²) in [7, 11) is -1.55. The molecule has 1 amide bonds. The Morgan fingerprint density at radius 3 is 2.48 bits per heavy atom. The molecule has 4 rings (SSSR count). The lowest BCUT2D eigenvalue weighted by Gasteiger charge is -2.31. The number of nitrogens with one attached hydrogen (secondary N) is 1. The fourth-order valence-corrected chi connectivity index (χ4v) is 5.00. The maximum Gasteiger partial charge on any atom is 0.244 e. The summed E-state index contributed by atoms with van der Waals surface area (Å²) in [5.74, 6) is -0.378. The van der Waals surface area contributed by atoms with E-state index in [0.29, 0.717) is 37.1 Å². The van der Waals surface area contributed by atoms with Crippen molar-refractivity contribution in [3.05, 3.63) is 82.2 Å². The number of hydrogen-bond donors (Lipinski definition) is 1. The van der Waals surface area contributed by atoms with Crippen LogP contribution in [0.2, 0.25) is 0 Å². The Kier molecular flexibility index (Phi) is 6.73. The van der Waals surface area contributed by atoms with E-state index in [1.165, 1.54) is 22.7 Å². The van der Waals surface area contributed by atoms with Gasteiger partial charge in [0.1, 0.15) is 11.8 Å². The Hall–Kier alpha value is -3.27. The first-order valence-electron chi connectivity index (χ1n) is 10.6. The molecular formula is C24H25N3O5S. The summed E-state index contributed by atoms with van der Waals surface area (Å²) < 4.78 is 32.5. The highest BCUT2D eigenvalue weighted by atomic mass is 32.2. The number of likely N-dealkylation sites (N-methyl/N-ethyl adjacent to an activating group) is 1. The molecular weight excluding hydrogens is 442 g/mol. The van der Waals surface area contributed by atoms with Gasteiger partial charge in [-0.1, -0.05) is 24.3 Å². The summed E-state index contributed by atoms with van der Waals surface area (Å²) in [5.41, 5.74) is 1.32. The number of nitrogens with zero attached hydrogens (tertiary/aromatic N) is 2. The van der Waals surface area contributed by atoms with Crippen molar-refractivity contribution in [1.82, 2.24) is 14.5 Å². The van der Waals surface area contributed by atoms with E-state index in [2.05, 4.69) is 10.2 Å². The van der Waals surface area contributed by atoms with Crippen LogP contribution in [-0.2, 0) is 21.4 Å². The van der Waals surface area contributed by atoms with E-state index in [0.717, 1.165) is 5.56 Å². The normalized spacial score (nSPS) is 15.8. The van der Waals surface area contributed by atoms with E-state index in [9.17, 15) is 18.0 Å². The lowest BCUT2D eigenvalue weighted by Crippen LogP contribution is -2.47. The molecule has 0 aliphatic carbocycles. The van der Waals surface area contributed by atoms with Crippen LogP contribution in [0.4, 0.5) is 0 Å². The molecule has 0 spiro atoms. The molecule has 0 unspecified atom stereocenters. The molecule has 1 aliphatic rings. The smallest absolute Gasteiger partial charge is 0.244 e. The van der Waals surface area contributed by atoms with Gasteiger partial charge in [-0.15, -0.1) is 0 Å². The Morgan fingerprint density at radius 2 is 1.76 bits per heavy atom. The van der Waals surface area contributed by atoms with Gasteiger partial charge in [-0.25, -0.2) is 8.42 Å². The van der Waals surface area contributed by atoms with Gasteiger partial charge in [0, 0.05) is 38.8 Å². The van der Waals surface area contributed by atoms with Crippen LogP contribution < -0.4 is 10.7 Å². The second-order valence-corrected chi connectivity index (χ2v) is 9.86. The molecule has 172 valence electrons. The molecule has 0 atom stereocenters. The number of carbonyl (C=O) groups excluding carboxylic acids is 1. The predicted molar refractivity (Wildman–Crippen MR) is 126 cm³/mol. The van der Waals surface area contributed by atoms with E-state index < -0.39 is 10.0 Å². The molecule has 0 radical (unpaired) electrons. The second kappa shape index (κ2) is 9.70. The lowest BCUT2D eigenvalue weighted by molar-refractivity contribution is -0.116. The molecule has 1 fully saturated rings. The number of rotatable bonds is 6. The van der Waals surface area contributed by atoms with Crippen molar-refractivity contribution >= 4 is 33.0 Å². The molecule has 9 heteroatoms. The highest BCUT2D eigenvalue weighted by Gasteiger charge is 2.27. The fraction of sp³-hybridized carbons (Fsp3) is 0.250. The van der Waals surface area contributed by atoms with Gasteiger partial charge in [0.05, 0.1) is 15.8 Å². The van der Waals surface area contributed by atoms with Crippen molar-refractivity contribution in [3.8, 4) is 0 Å². The van der Waals surface area contributed by atoms with E-state index >= 15 is 0 Å². The molecule has 2 heterocycles. The lowest BCUT2D eigenvalue weighted by atomic mass is 10.1. The second-order valence-electron chi connectivity index (χ2n) is 7.92. The van der Waals surface area contributed by atoms with Crippen molar-refractivity contribution in [2.45, 2.75) is 11.4 Å². The van der Waals surface area contributed by atoms with E-state index in [-0.39, 0.29) is 28.3 Å². The molecule has 8 nitrogen and oxygen atoms in total. The zero-order valence-electron chi connectivity index (χ0n) is 18.2. The van der Waals surface area contributed by atoms with Gasteiger partial charge < -0.3 is 14.6 Å². The summed E-state index contributed by atoms with van der Waals surface area (Å²) in [6.45, 7) is 2.58.